The van der Waals surface area contributed by atoms with Gasteiger partial charge in [-0.05, 0) is 24.6 Å². The van der Waals surface area contributed by atoms with Crippen LogP contribution in [0.3, 0.4) is 0 Å². The highest BCUT2D eigenvalue weighted by Crippen LogP contribution is 2.12. The number of rotatable bonds is 3. The molecule has 90 valence electrons. The molecule has 1 unspecified atom stereocenters. The fourth-order valence-electron chi connectivity index (χ4n) is 1.53. The van der Waals surface area contributed by atoms with Crippen molar-refractivity contribution in [2.75, 3.05) is 0 Å². The van der Waals surface area contributed by atoms with Crippen LogP contribution in [0.25, 0.3) is 0 Å². The fraction of sp³-hybridized carbons (Fsp3) is 0.250. The molecule has 3 nitrogen and oxygen atoms in total. The third-order valence-electron chi connectivity index (χ3n) is 2.51. The molecule has 2 aromatic rings. The van der Waals surface area contributed by atoms with E-state index in [0.717, 1.165) is 11.6 Å². The summed E-state index contributed by atoms with van der Waals surface area (Å²) in [5, 5.41) is 4.11. The summed E-state index contributed by atoms with van der Waals surface area (Å²) in [6.45, 7) is 2.25. The summed E-state index contributed by atoms with van der Waals surface area (Å²) >= 11 is 0. The highest BCUT2D eigenvalue weighted by atomic mass is 19.2. The molecule has 0 bridgehead atoms. The Hall–Kier alpha value is -1.75. The Labute approximate surface area is 97.9 Å². The van der Waals surface area contributed by atoms with E-state index in [-0.39, 0.29) is 6.04 Å². The first-order valence-corrected chi connectivity index (χ1v) is 5.28. The maximum Gasteiger partial charge on any atom is 0.159 e. The topological polar surface area (TPSA) is 43.8 Å². The summed E-state index contributed by atoms with van der Waals surface area (Å²) in [5.41, 5.74) is 7.27. The Kier molecular flexibility index (Phi) is 3.19. The molecule has 2 rings (SSSR count). The van der Waals surface area contributed by atoms with Gasteiger partial charge in [-0.1, -0.05) is 6.07 Å². The third kappa shape index (κ3) is 2.68. The van der Waals surface area contributed by atoms with Crippen LogP contribution in [0.2, 0.25) is 0 Å². The number of aromatic nitrogens is 2. The van der Waals surface area contributed by atoms with Gasteiger partial charge in [0.15, 0.2) is 11.6 Å². The average Bonchev–Trinajstić information content (AvgIpc) is 2.72. The van der Waals surface area contributed by atoms with Crippen LogP contribution < -0.4 is 5.73 Å². The molecule has 0 radical (unpaired) electrons. The molecule has 1 atom stereocenters. The molecular weight excluding hydrogens is 224 g/mol. The van der Waals surface area contributed by atoms with Crippen LogP contribution in [0, 0.1) is 11.6 Å². The largest absolute Gasteiger partial charge is 0.324 e. The summed E-state index contributed by atoms with van der Waals surface area (Å²) in [6, 6.07) is 3.73. The summed E-state index contributed by atoms with van der Waals surface area (Å²) in [5.74, 6) is -1.69. The van der Waals surface area contributed by atoms with E-state index in [0.29, 0.717) is 12.1 Å². The maximum absolute atomic E-state index is 13.0. The molecule has 1 aromatic heterocycles. The van der Waals surface area contributed by atoms with Gasteiger partial charge in [-0.15, -0.1) is 0 Å². The van der Waals surface area contributed by atoms with Crippen molar-refractivity contribution in [1.82, 2.24) is 9.78 Å². The second kappa shape index (κ2) is 4.63. The monoisotopic (exact) mass is 237 g/mol. The molecule has 0 fully saturated rings. The van der Waals surface area contributed by atoms with Crippen LogP contribution in [0.4, 0.5) is 8.78 Å². The van der Waals surface area contributed by atoms with Crippen molar-refractivity contribution in [3.8, 4) is 0 Å². The molecule has 0 aliphatic carbocycles. The average molecular weight is 237 g/mol. The van der Waals surface area contributed by atoms with Crippen LogP contribution in [0.15, 0.2) is 30.6 Å². The van der Waals surface area contributed by atoms with Gasteiger partial charge in [0.2, 0.25) is 0 Å². The standard InChI is InChI=1S/C12H13F2N3/c1-8(15)10-5-16-17(7-10)6-9-2-3-11(13)12(14)4-9/h2-5,7-8H,6,15H2,1H3. The molecule has 1 heterocycles. The second-order valence-corrected chi connectivity index (χ2v) is 4.01. The van der Waals surface area contributed by atoms with Gasteiger partial charge in [0.05, 0.1) is 12.7 Å². The summed E-state index contributed by atoms with van der Waals surface area (Å²) in [7, 11) is 0. The summed E-state index contributed by atoms with van der Waals surface area (Å²) in [6.07, 6.45) is 3.47. The quantitative estimate of drug-likeness (QED) is 0.889. The first kappa shape index (κ1) is 11.7. The minimum Gasteiger partial charge on any atom is -0.324 e. The Morgan fingerprint density at radius 2 is 2.12 bits per heavy atom. The highest BCUT2D eigenvalue weighted by Gasteiger charge is 2.06. The number of hydrogen-bond donors (Lipinski definition) is 1. The van der Waals surface area contributed by atoms with Gasteiger partial charge in [0.25, 0.3) is 0 Å². The van der Waals surface area contributed by atoms with Crippen molar-refractivity contribution in [2.24, 2.45) is 5.73 Å². The molecule has 1 aromatic carbocycles. The Morgan fingerprint density at radius 1 is 1.35 bits per heavy atom. The lowest BCUT2D eigenvalue weighted by molar-refractivity contribution is 0.506. The Balaban J connectivity index is 2.16. The lowest BCUT2D eigenvalue weighted by Crippen LogP contribution is -2.04. The van der Waals surface area contributed by atoms with E-state index in [1.165, 1.54) is 12.1 Å². The van der Waals surface area contributed by atoms with Gasteiger partial charge in [0, 0.05) is 17.8 Å². The Bertz CT molecular complexity index is 520. The van der Waals surface area contributed by atoms with Crippen molar-refractivity contribution in [1.29, 1.82) is 0 Å². The number of nitrogens with zero attached hydrogens (tertiary/aromatic N) is 2. The second-order valence-electron chi connectivity index (χ2n) is 4.01. The number of halogens is 2. The molecule has 17 heavy (non-hydrogen) atoms. The van der Waals surface area contributed by atoms with Gasteiger partial charge in [-0.2, -0.15) is 5.10 Å². The zero-order valence-corrected chi connectivity index (χ0v) is 9.40. The van der Waals surface area contributed by atoms with Crippen LogP contribution in [0.1, 0.15) is 24.1 Å². The maximum atomic E-state index is 13.0. The lowest BCUT2D eigenvalue weighted by Gasteiger charge is -2.03. The van der Waals surface area contributed by atoms with E-state index in [1.807, 2.05) is 6.92 Å². The first-order valence-electron chi connectivity index (χ1n) is 5.28. The number of benzene rings is 1. The van der Waals surface area contributed by atoms with Crippen molar-refractivity contribution in [3.05, 3.63) is 53.4 Å². The van der Waals surface area contributed by atoms with Crippen molar-refractivity contribution in [2.45, 2.75) is 19.5 Å². The van der Waals surface area contributed by atoms with Gasteiger partial charge >= 0.3 is 0 Å². The minimum atomic E-state index is -0.845. The molecule has 5 heteroatoms. The van der Waals surface area contributed by atoms with E-state index in [2.05, 4.69) is 5.10 Å². The van der Waals surface area contributed by atoms with Gasteiger partial charge in [-0.3, -0.25) is 4.68 Å². The number of hydrogen-bond acceptors (Lipinski definition) is 2. The van der Waals surface area contributed by atoms with Crippen molar-refractivity contribution < 1.29 is 8.78 Å². The molecule has 0 aliphatic rings. The molecule has 0 saturated carbocycles. The molecule has 2 N–H and O–H groups in total. The molecule has 0 spiro atoms. The summed E-state index contributed by atoms with van der Waals surface area (Å²) in [4.78, 5) is 0. The lowest BCUT2D eigenvalue weighted by atomic mass is 10.2. The zero-order chi connectivity index (χ0) is 12.4. The SMILES string of the molecule is CC(N)c1cnn(Cc2ccc(F)c(F)c2)c1. The van der Waals surface area contributed by atoms with Crippen LogP contribution >= 0.6 is 0 Å². The minimum absolute atomic E-state index is 0.0892. The predicted molar refractivity (Wildman–Crippen MR) is 60.3 cm³/mol. The van der Waals surface area contributed by atoms with Crippen LogP contribution in [0.5, 0.6) is 0 Å². The Morgan fingerprint density at radius 3 is 2.71 bits per heavy atom. The zero-order valence-electron chi connectivity index (χ0n) is 9.40. The van der Waals surface area contributed by atoms with E-state index in [9.17, 15) is 8.78 Å². The normalized spacial score (nSPS) is 12.7. The smallest absolute Gasteiger partial charge is 0.159 e. The molecular formula is C12H13F2N3. The van der Waals surface area contributed by atoms with E-state index >= 15 is 0 Å². The van der Waals surface area contributed by atoms with E-state index in [1.54, 1.807) is 17.1 Å². The number of nitrogens with two attached hydrogens (primary N) is 1. The van der Waals surface area contributed by atoms with Crippen LogP contribution in [-0.4, -0.2) is 9.78 Å². The van der Waals surface area contributed by atoms with E-state index < -0.39 is 11.6 Å². The third-order valence-corrected chi connectivity index (χ3v) is 2.51. The van der Waals surface area contributed by atoms with Gasteiger partial charge in [0.1, 0.15) is 0 Å². The molecule has 0 aliphatic heterocycles. The summed E-state index contributed by atoms with van der Waals surface area (Å²) < 4.78 is 27.4. The predicted octanol–water partition coefficient (Wildman–Crippen LogP) is 2.23. The molecule has 0 saturated heterocycles. The van der Waals surface area contributed by atoms with Gasteiger partial charge in [-0.25, -0.2) is 8.78 Å². The fourth-order valence-corrected chi connectivity index (χ4v) is 1.53. The van der Waals surface area contributed by atoms with Crippen molar-refractivity contribution >= 4 is 0 Å². The highest BCUT2D eigenvalue weighted by molar-refractivity contribution is 5.18. The van der Waals surface area contributed by atoms with Crippen molar-refractivity contribution in [3.63, 3.8) is 0 Å². The van der Waals surface area contributed by atoms with Gasteiger partial charge < -0.3 is 5.73 Å². The first-order chi connectivity index (χ1) is 8.06. The van der Waals surface area contributed by atoms with Crippen LogP contribution in [-0.2, 0) is 6.54 Å². The molecule has 0 amide bonds. The van der Waals surface area contributed by atoms with E-state index in [4.69, 9.17) is 5.73 Å².